The molecule has 1 aromatic carbocycles. The third-order valence-electron chi connectivity index (χ3n) is 5.22. The van der Waals surface area contributed by atoms with Gasteiger partial charge in [0.05, 0.1) is 12.6 Å². The summed E-state index contributed by atoms with van der Waals surface area (Å²) in [7, 11) is 0. The van der Waals surface area contributed by atoms with Crippen LogP contribution in [0.2, 0.25) is 0 Å². The Labute approximate surface area is 163 Å². The highest BCUT2D eigenvalue weighted by Gasteiger charge is 2.24. The smallest absolute Gasteiger partial charge is 0.271 e. The zero-order valence-electron chi connectivity index (χ0n) is 15.7. The third kappa shape index (κ3) is 3.87. The molecule has 1 atom stereocenters. The number of rotatable bonds is 5. The Balaban J connectivity index is 1.31. The van der Waals surface area contributed by atoms with Crippen molar-refractivity contribution in [1.82, 2.24) is 20.4 Å². The van der Waals surface area contributed by atoms with Gasteiger partial charge in [-0.2, -0.15) is 5.10 Å². The molecule has 148 valence electrons. The van der Waals surface area contributed by atoms with Crippen LogP contribution in [-0.4, -0.2) is 59.0 Å². The molecule has 3 N–H and O–H groups in total. The summed E-state index contributed by atoms with van der Waals surface area (Å²) in [5, 5.41) is 19.5. The molecule has 2 aliphatic heterocycles. The number of amides is 2. The highest BCUT2D eigenvalue weighted by atomic mass is 16.3. The van der Waals surface area contributed by atoms with Crippen molar-refractivity contribution < 1.29 is 14.7 Å². The zero-order chi connectivity index (χ0) is 19.5. The molecule has 0 saturated carbocycles. The van der Waals surface area contributed by atoms with Crippen LogP contribution in [0.15, 0.2) is 30.3 Å². The van der Waals surface area contributed by atoms with Crippen LogP contribution in [0.1, 0.15) is 39.4 Å². The van der Waals surface area contributed by atoms with Crippen LogP contribution in [0, 0.1) is 0 Å². The number of β-amino-alcohol motifs (C(OH)–C–C–N with tert-alkyl or cyclic N) is 1. The second kappa shape index (κ2) is 8.02. The van der Waals surface area contributed by atoms with Gasteiger partial charge in [-0.3, -0.25) is 14.3 Å². The van der Waals surface area contributed by atoms with Crippen molar-refractivity contribution in [1.29, 1.82) is 0 Å². The first-order chi connectivity index (χ1) is 13.6. The van der Waals surface area contributed by atoms with Crippen LogP contribution in [0.5, 0.6) is 0 Å². The second-order valence-electron chi connectivity index (χ2n) is 7.29. The van der Waals surface area contributed by atoms with Gasteiger partial charge in [0.25, 0.3) is 11.8 Å². The molecule has 2 amide bonds. The molecule has 0 fully saturated rings. The fraction of sp³-hybridized carbons (Fsp3) is 0.450. The number of fused-ring (bicyclic) bond motifs is 2. The van der Waals surface area contributed by atoms with Gasteiger partial charge in [-0.15, -0.1) is 0 Å². The Bertz CT molecular complexity index is 878. The lowest BCUT2D eigenvalue weighted by molar-refractivity contribution is 0.0931. The molecular formula is C20H25N5O3. The van der Waals surface area contributed by atoms with Gasteiger partial charge in [-0.25, -0.2) is 0 Å². The topological polar surface area (TPSA) is 99.5 Å². The number of anilines is 1. The van der Waals surface area contributed by atoms with Crippen molar-refractivity contribution in [3.63, 3.8) is 0 Å². The van der Waals surface area contributed by atoms with Crippen LogP contribution in [0.4, 0.5) is 5.69 Å². The first-order valence-electron chi connectivity index (χ1n) is 9.77. The lowest BCUT2D eigenvalue weighted by Gasteiger charge is -2.31. The molecule has 0 bridgehead atoms. The predicted molar refractivity (Wildman–Crippen MR) is 104 cm³/mol. The summed E-state index contributed by atoms with van der Waals surface area (Å²) >= 11 is 0. The molecule has 0 radical (unpaired) electrons. The van der Waals surface area contributed by atoms with Crippen molar-refractivity contribution in [3.8, 4) is 0 Å². The lowest BCUT2D eigenvalue weighted by Crippen LogP contribution is -2.33. The van der Waals surface area contributed by atoms with E-state index in [-0.39, 0.29) is 30.6 Å². The zero-order valence-corrected chi connectivity index (χ0v) is 15.7. The van der Waals surface area contributed by atoms with Crippen molar-refractivity contribution in [3.05, 3.63) is 47.3 Å². The average molecular weight is 383 g/mol. The van der Waals surface area contributed by atoms with Crippen LogP contribution in [0.3, 0.4) is 0 Å². The standard InChI is InChI=1S/C20H25N5O3/c26-15-12-22-20(28)18-11-16(23-25(18)13-15)19(27)21-8-4-10-24-9-3-6-14-5-1-2-7-17(14)24/h1-2,5,7,11,15,26H,3-4,6,8-10,12-13H2,(H,21,27)(H,22,28). The van der Waals surface area contributed by atoms with E-state index in [1.165, 1.54) is 22.0 Å². The van der Waals surface area contributed by atoms with Gasteiger partial charge >= 0.3 is 0 Å². The Morgan fingerprint density at radius 1 is 1.36 bits per heavy atom. The molecule has 0 spiro atoms. The molecule has 2 aliphatic rings. The summed E-state index contributed by atoms with van der Waals surface area (Å²) < 4.78 is 1.40. The van der Waals surface area contributed by atoms with E-state index in [2.05, 4.69) is 44.9 Å². The molecular weight excluding hydrogens is 358 g/mol. The summed E-state index contributed by atoms with van der Waals surface area (Å²) in [6.07, 6.45) is 2.38. The minimum atomic E-state index is -0.714. The first-order valence-corrected chi connectivity index (χ1v) is 9.77. The highest BCUT2D eigenvalue weighted by molar-refractivity contribution is 5.98. The quantitative estimate of drug-likeness (QED) is 0.655. The number of para-hydroxylation sites is 1. The van der Waals surface area contributed by atoms with E-state index in [0.29, 0.717) is 12.2 Å². The third-order valence-corrected chi connectivity index (χ3v) is 5.22. The lowest BCUT2D eigenvalue weighted by atomic mass is 10.0. The Morgan fingerprint density at radius 3 is 3.11 bits per heavy atom. The van der Waals surface area contributed by atoms with E-state index < -0.39 is 6.10 Å². The van der Waals surface area contributed by atoms with Crippen molar-refractivity contribution >= 4 is 17.5 Å². The first kappa shape index (κ1) is 18.5. The van der Waals surface area contributed by atoms with Gasteiger partial charge in [0.2, 0.25) is 0 Å². The summed E-state index contributed by atoms with van der Waals surface area (Å²) in [6, 6.07) is 9.95. The van der Waals surface area contributed by atoms with Gasteiger partial charge in [0.1, 0.15) is 5.69 Å². The minimum Gasteiger partial charge on any atom is -0.389 e. The molecule has 0 saturated heterocycles. The maximum absolute atomic E-state index is 12.4. The number of aryl methyl sites for hydroxylation is 1. The van der Waals surface area contributed by atoms with Gasteiger partial charge < -0.3 is 20.6 Å². The van der Waals surface area contributed by atoms with Crippen LogP contribution in [0.25, 0.3) is 0 Å². The number of nitrogens with zero attached hydrogens (tertiary/aromatic N) is 3. The van der Waals surface area contributed by atoms with Crippen LogP contribution in [-0.2, 0) is 13.0 Å². The molecule has 28 heavy (non-hydrogen) atoms. The maximum Gasteiger partial charge on any atom is 0.271 e. The average Bonchev–Trinajstić information content (AvgIpc) is 3.07. The molecule has 2 aromatic rings. The minimum absolute atomic E-state index is 0.184. The molecule has 1 aromatic heterocycles. The summed E-state index contributed by atoms with van der Waals surface area (Å²) in [5.41, 5.74) is 3.18. The Morgan fingerprint density at radius 2 is 2.21 bits per heavy atom. The van der Waals surface area contributed by atoms with E-state index >= 15 is 0 Å². The highest BCUT2D eigenvalue weighted by Crippen LogP contribution is 2.26. The summed E-state index contributed by atoms with van der Waals surface area (Å²) in [5.74, 6) is -0.631. The Kier molecular flexibility index (Phi) is 5.29. The molecule has 0 aliphatic carbocycles. The number of aliphatic hydroxyl groups excluding tert-OH is 1. The number of hydrogen-bond donors (Lipinski definition) is 3. The number of aliphatic hydroxyl groups is 1. The van der Waals surface area contributed by atoms with Crippen molar-refractivity contribution in [2.24, 2.45) is 0 Å². The fourth-order valence-electron chi connectivity index (χ4n) is 3.82. The van der Waals surface area contributed by atoms with Gasteiger partial charge in [-0.1, -0.05) is 18.2 Å². The van der Waals surface area contributed by atoms with E-state index in [1.54, 1.807) is 0 Å². The second-order valence-corrected chi connectivity index (χ2v) is 7.29. The van der Waals surface area contributed by atoms with E-state index in [4.69, 9.17) is 0 Å². The molecule has 4 rings (SSSR count). The molecule has 8 nitrogen and oxygen atoms in total. The van der Waals surface area contributed by atoms with Crippen LogP contribution >= 0.6 is 0 Å². The van der Waals surface area contributed by atoms with Gasteiger partial charge in [0.15, 0.2) is 5.69 Å². The summed E-state index contributed by atoms with van der Waals surface area (Å²) in [6.45, 7) is 2.83. The fourth-order valence-corrected chi connectivity index (χ4v) is 3.82. The summed E-state index contributed by atoms with van der Waals surface area (Å²) in [4.78, 5) is 26.8. The number of aromatic nitrogens is 2. The maximum atomic E-state index is 12.4. The number of nitrogens with one attached hydrogen (secondary N) is 2. The Hall–Kier alpha value is -2.87. The number of carbonyl (C=O) groups excluding carboxylic acids is 2. The number of benzene rings is 1. The number of hydrogen-bond acceptors (Lipinski definition) is 5. The van der Waals surface area contributed by atoms with Crippen molar-refractivity contribution in [2.75, 3.05) is 31.1 Å². The van der Waals surface area contributed by atoms with Gasteiger partial charge in [0, 0.05) is 37.9 Å². The predicted octanol–water partition coefficient (Wildman–Crippen LogP) is 0.560. The SMILES string of the molecule is O=C(NCCCN1CCCc2ccccc21)c1cc2n(n1)CC(O)CNC2=O. The van der Waals surface area contributed by atoms with E-state index in [9.17, 15) is 14.7 Å². The van der Waals surface area contributed by atoms with E-state index in [1.807, 2.05) is 0 Å². The largest absolute Gasteiger partial charge is 0.389 e. The normalized spacial score (nSPS) is 18.7. The molecule has 8 heteroatoms. The molecule has 1 unspecified atom stereocenters. The van der Waals surface area contributed by atoms with Crippen LogP contribution < -0.4 is 15.5 Å². The number of carbonyl (C=O) groups is 2. The van der Waals surface area contributed by atoms with Crippen molar-refractivity contribution in [2.45, 2.75) is 31.9 Å². The van der Waals surface area contributed by atoms with E-state index in [0.717, 1.165) is 32.4 Å². The monoisotopic (exact) mass is 383 g/mol. The van der Waals surface area contributed by atoms with Gasteiger partial charge in [-0.05, 0) is 30.9 Å². The molecule has 3 heterocycles.